The van der Waals surface area contributed by atoms with E-state index in [2.05, 4.69) is 22.2 Å². The van der Waals surface area contributed by atoms with Gasteiger partial charge in [-0.3, -0.25) is 0 Å². The van der Waals surface area contributed by atoms with Crippen molar-refractivity contribution in [2.75, 3.05) is 19.3 Å². The Morgan fingerprint density at radius 2 is 2.25 bits per heavy atom. The monoisotopic (exact) mass is 297 g/mol. The quantitative estimate of drug-likeness (QED) is 0.887. The Labute approximate surface area is 121 Å². The molecule has 0 aliphatic heterocycles. The molecule has 0 spiro atoms. The van der Waals surface area contributed by atoms with Crippen molar-refractivity contribution in [1.29, 1.82) is 0 Å². The van der Waals surface area contributed by atoms with E-state index < -0.39 is 15.1 Å². The lowest BCUT2D eigenvalue weighted by Crippen LogP contribution is -2.28. The lowest BCUT2D eigenvalue weighted by atomic mass is 9.87. The molecule has 1 aromatic heterocycles. The van der Waals surface area contributed by atoms with Gasteiger partial charge in [0, 0.05) is 18.1 Å². The molecule has 0 aromatic carbocycles. The fourth-order valence-corrected chi connectivity index (χ4v) is 3.00. The van der Waals surface area contributed by atoms with Crippen molar-refractivity contribution in [1.82, 2.24) is 15.3 Å². The maximum atomic E-state index is 11.6. The van der Waals surface area contributed by atoms with Crippen LogP contribution in [0.4, 0.5) is 0 Å². The van der Waals surface area contributed by atoms with Crippen molar-refractivity contribution in [3.8, 4) is 0 Å². The molecule has 1 aliphatic carbocycles. The number of nitrogens with one attached hydrogen (secondary N) is 1. The van der Waals surface area contributed by atoms with Crippen molar-refractivity contribution in [3.63, 3.8) is 0 Å². The van der Waals surface area contributed by atoms with Gasteiger partial charge in [0.15, 0.2) is 9.84 Å². The minimum atomic E-state index is -3.14. The zero-order valence-corrected chi connectivity index (χ0v) is 13.2. The van der Waals surface area contributed by atoms with Crippen LogP contribution in [0, 0.1) is 5.92 Å². The molecule has 1 aliphatic rings. The molecule has 2 rings (SSSR count). The summed E-state index contributed by atoms with van der Waals surface area (Å²) in [6.07, 6.45) is 6.04. The second-order valence-electron chi connectivity index (χ2n) is 5.59. The zero-order valence-electron chi connectivity index (χ0n) is 12.4. The van der Waals surface area contributed by atoms with Gasteiger partial charge in [-0.1, -0.05) is 6.92 Å². The molecule has 0 saturated heterocycles. The van der Waals surface area contributed by atoms with Crippen LogP contribution in [0.5, 0.6) is 0 Å². The molecule has 0 bridgehead atoms. The lowest BCUT2D eigenvalue weighted by Gasteiger charge is -2.24. The SMILES string of the molecule is CCNCC1CCc2nc(C(C)S(C)(=O)=O)ncc2C1. The summed E-state index contributed by atoms with van der Waals surface area (Å²) >= 11 is 0. The van der Waals surface area contributed by atoms with Gasteiger partial charge in [-0.25, -0.2) is 18.4 Å². The topological polar surface area (TPSA) is 72.0 Å². The number of aromatic nitrogens is 2. The summed E-state index contributed by atoms with van der Waals surface area (Å²) in [5.74, 6) is 1.06. The number of aryl methyl sites for hydroxylation is 1. The summed E-state index contributed by atoms with van der Waals surface area (Å²) in [5, 5.41) is 2.75. The first kappa shape index (κ1) is 15.4. The van der Waals surface area contributed by atoms with E-state index in [0.29, 0.717) is 11.7 Å². The van der Waals surface area contributed by atoms with Crippen molar-refractivity contribution in [2.45, 2.75) is 38.4 Å². The highest BCUT2D eigenvalue weighted by molar-refractivity contribution is 7.90. The summed E-state index contributed by atoms with van der Waals surface area (Å²) in [6, 6.07) is 0. The highest BCUT2D eigenvalue weighted by atomic mass is 32.2. The summed E-state index contributed by atoms with van der Waals surface area (Å²) < 4.78 is 23.2. The van der Waals surface area contributed by atoms with E-state index in [-0.39, 0.29) is 0 Å². The molecular weight excluding hydrogens is 274 g/mol. The van der Waals surface area contributed by atoms with E-state index in [1.165, 1.54) is 11.8 Å². The zero-order chi connectivity index (χ0) is 14.8. The fourth-order valence-electron chi connectivity index (χ4n) is 2.51. The second-order valence-corrected chi connectivity index (χ2v) is 7.95. The molecule has 20 heavy (non-hydrogen) atoms. The molecule has 6 heteroatoms. The van der Waals surface area contributed by atoms with Gasteiger partial charge in [-0.2, -0.15) is 0 Å². The Kier molecular flexibility index (Phi) is 4.75. The second kappa shape index (κ2) is 6.18. The predicted octanol–water partition coefficient (Wildman–Crippen LogP) is 1.30. The Morgan fingerprint density at radius 3 is 2.90 bits per heavy atom. The third-order valence-electron chi connectivity index (χ3n) is 3.96. The summed E-state index contributed by atoms with van der Waals surface area (Å²) in [5.41, 5.74) is 2.20. The molecule has 1 N–H and O–H groups in total. The standard InChI is InChI=1S/C14H23N3O2S/c1-4-15-8-11-5-6-13-12(7-11)9-16-14(17-13)10(2)20(3,18)19/h9-11,15H,4-8H2,1-3H3. The molecule has 0 amide bonds. The van der Waals surface area contributed by atoms with E-state index in [9.17, 15) is 8.42 Å². The van der Waals surface area contributed by atoms with E-state index in [1.807, 2.05) is 6.20 Å². The smallest absolute Gasteiger partial charge is 0.157 e. The largest absolute Gasteiger partial charge is 0.317 e. The molecular formula is C14H23N3O2S. The van der Waals surface area contributed by atoms with Gasteiger partial charge in [-0.05, 0) is 50.8 Å². The number of sulfone groups is 1. The highest BCUT2D eigenvalue weighted by Gasteiger charge is 2.24. The van der Waals surface area contributed by atoms with E-state index in [1.54, 1.807) is 6.92 Å². The van der Waals surface area contributed by atoms with E-state index in [0.717, 1.165) is 38.0 Å². The van der Waals surface area contributed by atoms with Crippen LogP contribution < -0.4 is 5.32 Å². The highest BCUT2D eigenvalue weighted by Crippen LogP contribution is 2.25. The van der Waals surface area contributed by atoms with Crippen molar-refractivity contribution in [2.24, 2.45) is 5.92 Å². The van der Waals surface area contributed by atoms with Crippen molar-refractivity contribution in [3.05, 3.63) is 23.3 Å². The van der Waals surface area contributed by atoms with Gasteiger partial charge in [-0.15, -0.1) is 0 Å². The van der Waals surface area contributed by atoms with Crippen LogP contribution in [-0.2, 0) is 22.7 Å². The molecule has 2 atom stereocenters. The first-order valence-corrected chi connectivity index (χ1v) is 9.11. The summed E-state index contributed by atoms with van der Waals surface area (Å²) in [7, 11) is -3.14. The van der Waals surface area contributed by atoms with Gasteiger partial charge < -0.3 is 5.32 Å². The van der Waals surface area contributed by atoms with Crippen LogP contribution in [0.2, 0.25) is 0 Å². The first-order chi connectivity index (χ1) is 9.41. The normalized spacial score (nSPS) is 20.4. The van der Waals surface area contributed by atoms with E-state index in [4.69, 9.17) is 0 Å². The van der Waals surface area contributed by atoms with Crippen LogP contribution in [0.1, 0.15) is 42.6 Å². The third kappa shape index (κ3) is 3.55. The van der Waals surface area contributed by atoms with Crippen LogP contribution in [-0.4, -0.2) is 37.7 Å². The van der Waals surface area contributed by atoms with Crippen molar-refractivity contribution < 1.29 is 8.42 Å². The van der Waals surface area contributed by atoms with Crippen molar-refractivity contribution >= 4 is 9.84 Å². The summed E-state index contributed by atoms with van der Waals surface area (Å²) in [6.45, 7) is 5.77. The minimum Gasteiger partial charge on any atom is -0.317 e. The van der Waals surface area contributed by atoms with Gasteiger partial charge in [0.05, 0.1) is 0 Å². The van der Waals surface area contributed by atoms with E-state index >= 15 is 0 Å². The fraction of sp³-hybridized carbons (Fsp3) is 0.714. The van der Waals surface area contributed by atoms with Crippen LogP contribution in [0.3, 0.4) is 0 Å². The maximum absolute atomic E-state index is 11.6. The maximum Gasteiger partial charge on any atom is 0.157 e. The van der Waals surface area contributed by atoms with Gasteiger partial charge in [0.25, 0.3) is 0 Å². The number of hydrogen-bond acceptors (Lipinski definition) is 5. The molecule has 5 nitrogen and oxygen atoms in total. The van der Waals surface area contributed by atoms with Gasteiger partial charge in [0.2, 0.25) is 0 Å². The minimum absolute atomic E-state index is 0.427. The predicted molar refractivity (Wildman–Crippen MR) is 79.3 cm³/mol. The molecule has 1 aromatic rings. The lowest BCUT2D eigenvalue weighted by molar-refractivity contribution is 0.423. The number of hydrogen-bond donors (Lipinski definition) is 1. The van der Waals surface area contributed by atoms with Crippen LogP contribution in [0.25, 0.3) is 0 Å². The van der Waals surface area contributed by atoms with Gasteiger partial charge in [0.1, 0.15) is 11.1 Å². The molecule has 1 heterocycles. The average Bonchev–Trinajstić information content (AvgIpc) is 2.42. The van der Waals surface area contributed by atoms with Crippen LogP contribution >= 0.6 is 0 Å². The number of nitrogens with zero attached hydrogens (tertiary/aromatic N) is 2. The number of rotatable bonds is 5. The molecule has 112 valence electrons. The first-order valence-electron chi connectivity index (χ1n) is 7.16. The number of fused-ring (bicyclic) bond motifs is 1. The van der Waals surface area contributed by atoms with Crippen LogP contribution in [0.15, 0.2) is 6.20 Å². The van der Waals surface area contributed by atoms with Gasteiger partial charge >= 0.3 is 0 Å². The molecule has 0 fully saturated rings. The molecule has 0 radical (unpaired) electrons. The Balaban J connectivity index is 2.15. The summed E-state index contributed by atoms with van der Waals surface area (Å²) in [4.78, 5) is 8.75. The Hall–Kier alpha value is -1.01. The Morgan fingerprint density at radius 1 is 1.50 bits per heavy atom. The Bertz CT molecular complexity index is 572. The average molecular weight is 297 g/mol. The third-order valence-corrected chi connectivity index (χ3v) is 5.45. The molecule has 2 unspecified atom stereocenters. The molecule has 0 saturated carbocycles.